The zero-order chi connectivity index (χ0) is 8.43. The molecule has 1 heterocycles. The van der Waals surface area contributed by atoms with Crippen molar-refractivity contribution in [2.24, 2.45) is 0 Å². The fourth-order valence-electron chi connectivity index (χ4n) is 0.609. The molecule has 0 amide bonds. The lowest BCUT2D eigenvalue weighted by atomic mass is 10.6. The van der Waals surface area contributed by atoms with Crippen LogP contribution in [0, 0.1) is 0 Å². The van der Waals surface area contributed by atoms with E-state index >= 15 is 0 Å². The second-order valence-electron chi connectivity index (χ2n) is 2.02. The van der Waals surface area contributed by atoms with E-state index in [1.165, 1.54) is 33.3 Å². The highest BCUT2D eigenvalue weighted by atomic mass is 32.2. The minimum absolute atomic E-state index is 0.216. The zero-order valence-corrected chi connectivity index (χ0v) is 8.79. The van der Waals surface area contributed by atoms with Crippen molar-refractivity contribution >= 4 is 31.8 Å². The van der Waals surface area contributed by atoms with Crippen LogP contribution in [-0.4, -0.2) is 9.66 Å². The normalized spacial score (nSPS) is 22.8. The summed E-state index contributed by atoms with van der Waals surface area (Å²) in [4.78, 5) is 10.8. The summed E-state index contributed by atoms with van der Waals surface area (Å²) in [6, 6.07) is 0. The Bertz CT molecular complexity index is 202. The summed E-state index contributed by atoms with van der Waals surface area (Å²) in [5.74, 6) is 0. The van der Waals surface area contributed by atoms with E-state index in [1.54, 1.807) is 0 Å². The van der Waals surface area contributed by atoms with Crippen LogP contribution in [0.2, 0.25) is 0 Å². The molecule has 1 unspecified atom stereocenters. The highest BCUT2D eigenvalue weighted by molar-refractivity contribution is 8.23. The number of hydrogen-bond donors (Lipinski definition) is 1. The predicted molar refractivity (Wildman–Crippen MR) is 49.6 cm³/mol. The summed E-state index contributed by atoms with van der Waals surface area (Å²) in [7, 11) is -2.78. The van der Waals surface area contributed by atoms with E-state index in [-0.39, 0.29) is 4.77 Å². The van der Waals surface area contributed by atoms with Crippen molar-refractivity contribution in [3.63, 3.8) is 0 Å². The van der Waals surface area contributed by atoms with Gasteiger partial charge in [0.15, 0.2) is 4.77 Å². The van der Waals surface area contributed by atoms with Crippen LogP contribution >= 0.6 is 31.8 Å². The maximum Gasteiger partial charge on any atom is 0.318 e. The van der Waals surface area contributed by atoms with E-state index in [2.05, 4.69) is 0 Å². The van der Waals surface area contributed by atoms with E-state index in [0.29, 0.717) is 0 Å². The Balaban J connectivity index is 2.42. The molecule has 1 atom stereocenters. The Hall–Kier alpha value is 0.590. The third-order valence-corrected chi connectivity index (χ3v) is 4.62. The van der Waals surface area contributed by atoms with Gasteiger partial charge in [-0.1, -0.05) is 23.5 Å². The lowest BCUT2D eigenvalue weighted by molar-refractivity contribution is 0.315. The molecule has 3 nitrogen and oxygen atoms in total. The van der Waals surface area contributed by atoms with Crippen molar-refractivity contribution in [1.29, 1.82) is 0 Å². The van der Waals surface area contributed by atoms with Crippen LogP contribution in [0.5, 0.6) is 0 Å². The van der Waals surface area contributed by atoms with Gasteiger partial charge in [0.25, 0.3) is 0 Å². The number of rotatable bonds is 2. The van der Waals surface area contributed by atoms with Crippen LogP contribution in [0.1, 0.15) is 13.8 Å². The second kappa shape index (κ2) is 4.01. The van der Waals surface area contributed by atoms with Gasteiger partial charge in [-0.15, -0.1) is 0 Å². The van der Waals surface area contributed by atoms with Crippen molar-refractivity contribution < 1.29 is 14.0 Å². The summed E-state index contributed by atoms with van der Waals surface area (Å²) in [5, 5.41) is 0. The van der Waals surface area contributed by atoms with Gasteiger partial charge < -0.3 is 4.89 Å². The van der Waals surface area contributed by atoms with Gasteiger partial charge in [0.2, 0.25) is 0 Å². The van der Waals surface area contributed by atoms with E-state index < -0.39 is 8.25 Å². The summed E-state index contributed by atoms with van der Waals surface area (Å²) in [5.41, 5.74) is 0. The molecule has 0 fully saturated rings. The van der Waals surface area contributed by atoms with Crippen molar-refractivity contribution in [1.82, 2.24) is 0 Å². The minimum Gasteiger partial charge on any atom is -0.326 e. The fourth-order valence-corrected chi connectivity index (χ4v) is 3.91. The van der Waals surface area contributed by atoms with Gasteiger partial charge in [-0.25, -0.2) is 0 Å². The Morgan fingerprint density at radius 1 is 1.45 bits per heavy atom. The molecule has 0 aliphatic carbocycles. The molecule has 6 heteroatoms. The lowest BCUT2D eigenvalue weighted by Gasteiger charge is -2.05. The number of thioether (sulfide) groups is 2. The maximum absolute atomic E-state index is 10.3. The SMILES string of the molecule is CC1=C(C)SC(O[PH](=O)O)S1. The minimum atomic E-state index is -2.78. The van der Waals surface area contributed by atoms with Crippen molar-refractivity contribution in [3.05, 3.63) is 9.81 Å². The first-order chi connectivity index (χ1) is 5.09. The molecule has 1 N–H and O–H groups in total. The summed E-state index contributed by atoms with van der Waals surface area (Å²) in [6.45, 7) is 3.95. The van der Waals surface area contributed by atoms with Gasteiger partial charge >= 0.3 is 8.25 Å². The maximum atomic E-state index is 10.3. The molecule has 0 aromatic rings. The summed E-state index contributed by atoms with van der Waals surface area (Å²) in [6.07, 6.45) is 0. The number of hydrogen-bond acceptors (Lipinski definition) is 4. The third kappa shape index (κ3) is 2.84. The average Bonchev–Trinajstić information content (AvgIpc) is 2.10. The first-order valence-electron chi connectivity index (χ1n) is 3.00. The highest BCUT2D eigenvalue weighted by Crippen LogP contribution is 2.48. The van der Waals surface area contributed by atoms with Crippen LogP contribution in [0.4, 0.5) is 0 Å². The van der Waals surface area contributed by atoms with Crippen LogP contribution in [0.3, 0.4) is 0 Å². The van der Waals surface area contributed by atoms with Gasteiger partial charge in [0, 0.05) is 0 Å². The first-order valence-corrected chi connectivity index (χ1v) is 6.02. The Kier molecular flexibility index (Phi) is 3.52. The highest BCUT2D eigenvalue weighted by Gasteiger charge is 2.22. The van der Waals surface area contributed by atoms with Crippen LogP contribution < -0.4 is 0 Å². The van der Waals surface area contributed by atoms with Gasteiger partial charge in [-0.3, -0.25) is 9.09 Å². The molecular weight excluding hydrogens is 203 g/mol. The molecule has 0 aromatic carbocycles. The standard InChI is InChI=1S/C5H9O3PS2/c1-3-4(2)11-5(10-3)8-9(6)7/h5,9H,1-2H3,(H,6,7). The van der Waals surface area contributed by atoms with Gasteiger partial charge in [0.05, 0.1) is 0 Å². The predicted octanol–water partition coefficient (Wildman–Crippen LogP) is 2.40. The van der Waals surface area contributed by atoms with E-state index in [4.69, 9.17) is 9.42 Å². The van der Waals surface area contributed by atoms with Crippen molar-refractivity contribution in [2.75, 3.05) is 0 Å². The quantitative estimate of drug-likeness (QED) is 0.712. The molecule has 0 bridgehead atoms. The zero-order valence-electron chi connectivity index (χ0n) is 6.16. The Morgan fingerprint density at radius 2 is 1.91 bits per heavy atom. The molecule has 1 aliphatic rings. The molecule has 0 saturated carbocycles. The van der Waals surface area contributed by atoms with E-state index in [9.17, 15) is 4.57 Å². The van der Waals surface area contributed by atoms with Crippen molar-refractivity contribution in [3.8, 4) is 0 Å². The molecule has 1 rings (SSSR count). The van der Waals surface area contributed by atoms with Gasteiger partial charge in [-0.2, -0.15) is 0 Å². The van der Waals surface area contributed by atoms with Crippen LogP contribution in [0.25, 0.3) is 0 Å². The van der Waals surface area contributed by atoms with Gasteiger partial charge in [0.1, 0.15) is 0 Å². The van der Waals surface area contributed by atoms with E-state index in [0.717, 1.165) is 0 Å². The monoisotopic (exact) mass is 212 g/mol. The fraction of sp³-hybridized carbons (Fsp3) is 0.600. The smallest absolute Gasteiger partial charge is 0.318 e. The largest absolute Gasteiger partial charge is 0.326 e. The first kappa shape index (κ1) is 9.68. The molecule has 0 radical (unpaired) electrons. The molecule has 64 valence electrons. The molecular formula is C5H9O3PS2. The Morgan fingerprint density at radius 3 is 2.27 bits per heavy atom. The molecule has 0 spiro atoms. The molecule has 0 aromatic heterocycles. The summed E-state index contributed by atoms with van der Waals surface area (Å²) >= 11 is 2.98. The van der Waals surface area contributed by atoms with E-state index in [1.807, 2.05) is 13.8 Å². The lowest BCUT2D eigenvalue weighted by Crippen LogP contribution is -1.91. The summed E-state index contributed by atoms with van der Waals surface area (Å²) < 4.78 is 14.8. The third-order valence-electron chi connectivity index (χ3n) is 1.24. The number of allylic oxidation sites excluding steroid dienone is 2. The average molecular weight is 212 g/mol. The molecule has 11 heavy (non-hydrogen) atoms. The Labute approximate surface area is 74.5 Å². The van der Waals surface area contributed by atoms with Gasteiger partial charge in [-0.05, 0) is 23.7 Å². The topological polar surface area (TPSA) is 46.5 Å². The van der Waals surface area contributed by atoms with Crippen LogP contribution in [0.15, 0.2) is 9.81 Å². The van der Waals surface area contributed by atoms with Crippen molar-refractivity contribution in [2.45, 2.75) is 18.6 Å². The van der Waals surface area contributed by atoms with Crippen LogP contribution in [-0.2, 0) is 9.09 Å². The second-order valence-corrected chi connectivity index (χ2v) is 5.64. The molecule has 0 saturated heterocycles. The molecule has 1 aliphatic heterocycles.